The molecule has 0 aliphatic heterocycles. The molecule has 0 aromatic heterocycles. The fourth-order valence-electron chi connectivity index (χ4n) is 3.35. The molecule has 0 saturated carbocycles. The van der Waals surface area contributed by atoms with Crippen LogP contribution in [0.4, 0.5) is 0 Å². The van der Waals surface area contributed by atoms with E-state index in [4.69, 9.17) is 4.74 Å². The van der Waals surface area contributed by atoms with Crippen LogP contribution in [0.5, 0.6) is 11.5 Å². The summed E-state index contributed by atoms with van der Waals surface area (Å²) >= 11 is 0. The molecule has 0 aliphatic carbocycles. The maximum atomic E-state index is 11.7. The maximum Gasteiger partial charge on any atom is 0.335 e. The fraction of sp³-hybridized carbons (Fsp3) is 0.174. The van der Waals surface area contributed by atoms with Crippen LogP contribution in [0, 0.1) is 0 Å². The van der Waals surface area contributed by atoms with Gasteiger partial charge in [-0.2, -0.15) is 0 Å². The highest BCUT2D eigenvalue weighted by molar-refractivity contribution is 6.20. The Bertz CT molecular complexity index is 1000. The largest absolute Gasteiger partial charge is 0.504 e. The van der Waals surface area contributed by atoms with Gasteiger partial charge in [-0.15, -0.1) is 0 Å². The van der Waals surface area contributed by atoms with Crippen LogP contribution < -0.4 is 4.74 Å². The molecule has 138 valence electrons. The number of hydrogen-bond donors (Lipinski definition) is 2. The number of allylic oxidation sites excluding steroid dienone is 1. The second kappa shape index (κ2) is 7.96. The van der Waals surface area contributed by atoms with Crippen molar-refractivity contribution in [2.75, 3.05) is 6.61 Å². The lowest BCUT2D eigenvalue weighted by Crippen LogP contribution is -2.03. The first kappa shape index (κ1) is 18.5. The molecular weight excluding hydrogens is 340 g/mol. The van der Waals surface area contributed by atoms with E-state index in [2.05, 4.69) is 0 Å². The van der Waals surface area contributed by atoms with Crippen molar-refractivity contribution >= 4 is 22.3 Å². The van der Waals surface area contributed by atoms with Crippen molar-refractivity contribution in [2.45, 2.75) is 20.3 Å². The summed E-state index contributed by atoms with van der Waals surface area (Å²) < 4.78 is 5.59. The standard InChI is InChI=1S/C23H22O4/c1-3-17(23(25)26)19-14-20(27-4-2)22(24)21-16(11-8-12-18(19)21)13-15-9-6-5-7-10-15/h3,5-12,14,24H,4,13H2,1-2H3,(H,25,26). The van der Waals surface area contributed by atoms with Gasteiger partial charge in [0.2, 0.25) is 0 Å². The number of benzene rings is 3. The molecule has 4 nitrogen and oxygen atoms in total. The Balaban J connectivity index is 2.30. The highest BCUT2D eigenvalue weighted by atomic mass is 16.5. The number of aliphatic carboxylic acids is 1. The zero-order valence-electron chi connectivity index (χ0n) is 15.4. The molecule has 4 heteroatoms. The van der Waals surface area contributed by atoms with Crippen molar-refractivity contribution in [2.24, 2.45) is 0 Å². The molecule has 0 radical (unpaired) electrons. The van der Waals surface area contributed by atoms with E-state index in [0.29, 0.717) is 35.1 Å². The molecule has 0 atom stereocenters. The molecule has 2 N–H and O–H groups in total. The molecule has 0 unspecified atom stereocenters. The van der Waals surface area contributed by atoms with Crippen LogP contribution in [0.25, 0.3) is 16.3 Å². The van der Waals surface area contributed by atoms with Crippen LogP contribution in [0.15, 0.2) is 60.7 Å². The number of rotatable bonds is 6. The summed E-state index contributed by atoms with van der Waals surface area (Å²) in [6, 6.07) is 17.2. The van der Waals surface area contributed by atoms with Gasteiger partial charge in [0.05, 0.1) is 12.2 Å². The summed E-state index contributed by atoms with van der Waals surface area (Å²) in [4.78, 5) is 11.7. The lowest BCUT2D eigenvalue weighted by molar-refractivity contribution is -0.130. The predicted molar refractivity (Wildman–Crippen MR) is 107 cm³/mol. The third-order valence-electron chi connectivity index (χ3n) is 4.53. The van der Waals surface area contributed by atoms with Crippen LogP contribution in [0.3, 0.4) is 0 Å². The number of carbonyl (C=O) groups is 1. The van der Waals surface area contributed by atoms with Gasteiger partial charge in [-0.05, 0) is 42.8 Å². The lowest BCUT2D eigenvalue weighted by atomic mass is 9.92. The second-order valence-corrected chi connectivity index (χ2v) is 6.21. The van der Waals surface area contributed by atoms with Crippen LogP contribution in [-0.4, -0.2) is 22.8 Å². The van der Waals surface area contributed by atoms with E-state index in [-0.39, 0.29) is 11.3 Å². The summed E-state index contributed by atoms with van der Waals surface area (Å²) in [5, 5.41) is 21.8. The lowest BCUT2D eigenvalue weighted by Gasteiger charge is -2.16. The normalized spacial score (nSPS) is 11.6. The molecule has 0 bridgehead atoms. The van der Waals surface area contributed by atoms with Gasteiger partial charge in [0.25, 0.3) is 0 Å². The van der Waals surface area contributed by atoms with Gasteiger partial charge in [-0.3, -0.25) is 0 Å². The molecule has 0 amide bonds. The van der Waals surface area contributed by atoms with E-state index in [1.165, 1.54) is 0 Å². The van der Waals surface area contributed by atoms with Crippen LogP contribution in [-0.2, 0) is 11.2 Å². The molecule has 0 aliphatic rings. The van der Waals surface area contributed by atoms with E-state index in [1.54, 1.807) is 19.1 Å². The molecule has 0 saturated heterocycles. The molecule has 3 aromatic rings. The molecule has 3 rings (SSSR count). The third-order valence-corrected chi connectivity index (χ3v) is 4.53. The topological polar surface area (TPSA) is 66.8 Å². The Morgan fingerprint density at radius 3 is 2.48 bits per heavy atom. The van der Waals surface area contributed by atoms with Gasteiger partial charge in [0.15, 0.2) is 11.5 Å². The Morgan fingerprint density at radius 1 is 1.11 bits per heavy atom. The third kappa shape index (κ3) is 3.65. The number of phenols is 1. The monoisotopic (exact) mass is 362 g/mol. The molecule has 3 aromatic carbocycles. The first-order valence-corrected chi connectivity index (χ1v) is 8.91. The SMILES string of the molecule is CC=C(C(=O)O)c1cc(OCC)c(O)c2c(Cc3ccccc3)cccc12. The first-order valence-electron chi connectivity index (χ1n) is 8.91. The molecule has 0 spiro atoms. The van der Waals surface area contributed by atoms with Crippen molar-refractivity contribution in [3.05, 3.63) is 77.4 Å². The van der Waals surface area contributed by atoms with Gasteiger partial charge in [0.1, 0.15) is 0 Å². The van der Waals surface area contributed by atoms with Crippen molar-refractivity contribution < 1.29 is 19.7 Å². The smallest absolute Gasteiger partial charge is 0.335 e. The van der Waals surface area contributed by atoms with Crippen molar-refractivity contribution in [3.63, 3.8) is 0 Å². The van der Waals surface area contributed by atoms with Crippen LogP contribution >= 0.6 is 0 Å². The molecular formula is C23H22O4. The van der Waals surface area contributed by atoms with Crippen molar-refractivity contribution in [3.8, 4) is 11.5 Å². The quantitative estimate of drug-likeness (QED) is 0.604. The zero-order valence-corrected chi connectivity index (χ0v) is 15.4. The van der Waals surface area contributed by atoms with Gasteiger partial charge in [0, 0.05) is 10.9 Å². The van der Waals surface area contributed by atoms with Gasteiger partial charge < -0.3 is 14.9 Å². The number of phenolic OH excluding ortho intramolecular Hbond substituents is 1. The number of aromatic hydroxyl groups is 1. The van der Waals surface area contributed by atoms with Gasteiger partial charge in [-0.1, -0.05) is 54.6 Å². The summed E-state index contributed by atoms with van der Waals surface area (Å²) in [6.45, 7) is 3.89. The van der Waals surface area contributed by atoms with E-state index in [9.17, 15) is 15.0 Å². The number of ether oxygens (including phenoxy) is 1. The fourth-order valence-corrected chi connectivity index (χ4v) is 3.35. The average Bonchev–Trinajstić information content (AvgIpc) is 2.66. The highest BCUT2D eigenvalue weighted by Crippen LogP contribution is 2.41. The Labute approximate surface area is 158 Å². The predicted octanol–water partition coefficient (Wildman–Crippen LogP) is 5.02. The zero-order chi connectivity index (χ0) is 19.4. The van der Waals surface area contributed by atoms with Crippen LogP contribution in [0.1, 0.15) is 30.5 Å². The second-order valence-electron chi connectivity index (χ2n) is 6.21. The highest BCUT2D eigenvalue weighted by Gasteiger charge is 2.20. The average molecular weight is 362 g/mol. The Morgan fingerprint density at radius 2 is 1.85 bits per heavy atom. The number of carboxylic acids is 1. The molecule has 0 fully saturated rings. The number of carboxylic acid groups (broad SMARTS) is 1. The number of hydrogen-bond acceptors (Lipinski definition) is 3. The maximum absolute atomic E-state index is 11.7. The summed E-state index contributed by atoms with van der Waals surface area (Å²) in [5.41, 5.74) is 2.74. The van der Waals surface area contributed by atoms with E-state index >= 15 is 0 Å². The summed E-state index contributed by atoms with van der Waals surface area (Å²) in [6.07, 6.45) is 2.19. The minimum Gasteiger partial charge on any atom is -0.504 e. The van der Waals surface area contributed by atoms with E-state index < -0.39 is 5.97 Å². The van der Waals surface area contributed by atoms with Crippen molar-refractivity contribution in [1.29, 1.82) is 0 Å². The summed E-state index contributed by atoms with van der Waals surface area (Å²) in [5.74, 6) is -0.676. The van der Waals surface area contributed by atoms with Gasteiger partial charge >= 0.3 is 5.97 Å². The first-order chi connectivity index (χ1) is 13.1. The van der Waals surface area contributed by atoms with E-state index in [0.717, 1.165) is 11.1 Å². The van der Waals surface area contributed by atoms with E-state index in [1.807, 2.05) is 55.5 Å². The number of fused-ring (bicyclic) bond motifs is 1. The van der Waals surface area contributed by atoms with Crippen molar-refractivity contribution in [1.82, 2.24) is 0 Å². The molecule has 0 heterocycles. The Kier molecular flexibility index (Phi) is 5.46. The van der Waals surface area contributed by atoms with Crippen LogP contribution in [0.2, 0.25) is 0 Å². The Hall–Kier alpha value is -3.27. The molecule has 27 heavy (non-hydrogen) atoms. The summed E-state index contributed by atoms with van der Waals surface area (Å²) in [7, 11) is 0. The minimum absolute atomic E-state index is 0.0444. The minimum atomic E-state index is -1.01. The van der Waals surface area contributed by atoms with Gasteiger partial charge in [-0.25, -0.2) is 4.79 Å².